The number of aliphatic hydroxyl groups is 3. The minimum atomic E-state index is -4.26. The molecule has 448 valence electrons. The summed E-state index contributed by atoms with van der Waals surface area (Å²) in [4.78, 5) is 53.8. The normalized spacial score (nSPS) is 23.9. The molecule has 2 aromatic carbocycles. The lowest BCUT2D eigenvalue weighted by Crippen LogP contribution is -2.43. The van der Waals surface area contributed by atoms with Gasteiger partial charge in [0.2, 0.25) is 23.7 Å². The number of ether oxygens (including phenoxy) is 6. The van der Waals surface area contributed by atoms with Crippen molar-refractivity contribution in [2.24, 2.45) is 10.2 Å². The summed E-state index contributed by atoms with van der Waals surface area (Å²) < 4.78 is 76.7. The fraction of sp³-hybridized carbons (Fsp3) is 0.478. The summed E-state index contributed by atoms with van der Waals surface area (Å²) in [5.41, 5.74) is 27.9. The first-order chi connectivity index (χ1) is 39.4. The fourth-order valence-electron chi connectivity index (χ4n) is 8.26. The summed E-state index contributed by atoms with van der Waals surface area (Å²) in [6, 6.07) is 14.7. The molecule has 2 aliphatic rings. The van der Waals surface area contributed by atoms with Gasteiger partial charge in [-0.1, -0.05) is 46.6 Å². The second kappa shape index (κ2) is 28.1. The number of aliphatic hydroxyl groups excluding tert-OH is 3. The van der Waals surface area contributed by atoms with Gasteiger partial charge in [-0.2, -0.15) is 25.0 Å². The van der Waals surface area contributed by atoms with Gasteiger partial charge in [0, 0.05) is 21.1 Å². The molecule has 2 aliphatic heterocycles. The number of aromatic nitrogens is 8. The minimum Gasteiger partial charge on any atom is -0.476 e. The average molecular weight is 1220 g/mol. The lowest BCUT2D eigenvalue weighted by molar-refractivity contribution is -0.143. The predicted molar refractivity (Wildman–Crippen MR) is 294 cm³/mol. The third kappa shape index (κ3) is 15.1. The molecule has 0 saturated carbocycles. The lowest BCUT2D eigenvalue weighted by atomic mass is 9.93. The van der Waals surface area contributed by atoms with Gasteiger partial charge in [0.1, 0.15) is 46.9 Å². The van der Waals surface area contributed by atoms with Crippen LogP contribution < -0.4 is 40.2 Å². The van der Waals surface area contributed by atoms with Crippen molar-refractivity contribution in [2.45, 2.75) is 102 Å². The molecule has 6 aromatic rings. The molecule has 6 heterocycles. The first-order valence-corrected chi connectivity index (χ1v) is 28.9. The molecule has 83 heavy (non-hydrogen) atoms. The van der Waals surface area contributed by atoms with Crippen LogP contribution in [0.1, 0.15) is 54.0 Å². The van der Waals surface area contributed by atoms with E-state index in [9.17, 15) is 39.6 Å². The Morgan fingerprint density at radius 2 is 1.17 bits per heavy atom. The van der Waals surface area contributed by atoms with Gasteiger partial charge in [0.15, 0.2) is 34.8 Å². The Kier molecular flexibility index (Phi) is 21.8. The number of nitrogens with one attached hydrogen (secondary N) is 2. The molecule has 0 bridgehead atoms. The molecule has 0 aliphatic carbocycles. The number of carbonyl (C=O) groups excluding carboxylic acids is 2. The molecule has 2 fully saturated rings. The molecule has 2 unspecified atom stereocenters. The Morgan fingerprint density at radius 3 is 1.59 bits per heavy atom. The van der Waals surface area contributed by atoms with Gasteiger partial charge < -0.3 is 64.3 Å². The summed E-state index contributed by atoms with van der Waals surface area (Å²) >= 11 is 5.68. The molecular formula is C46H61ClN18O16P2. The van der Waals surface area contributed by atoms with Crippen LogP contribution in [-0.2, 0) is 42.2 Å². The summed E-state index contributed by atoms with van der Waals surface area (Å²) in [7, 11) is -1.84. The standard InChI is InChI=1S/C23H30N9O8P.C13H18N8O4.C10H13ClNO4P/c1-5-37-19-16-18(27-22(24)28-19)32(12-26-16)21-23(3,30-31-25)17(33)15(39-21)11-38-41(35,29-13(2)20(34)36-4)40-14-9-7-6-8-10-14;1-3-24-10-7-9(17-12(14)18-10)21(5-16-7)11-13(2,19-20-15)8(23)6(4-22)25-11;1-8(10(13)15-2)12-17(11,14)16-9-6-4-3-5-7-9/h6-10,12-13,15,17,21,33H,5,11H2,1-4H3,(H,29,35)(H2,24,27,28);5-6,8,11,22-23H,3-4H2,1-2H3,(H2,14,17,18);3-8H,1-2H3,(H,12,14)/t13-,15+,17+,21+,23+,41?;6-,8-,11-,13-;8-,17?/m010/s1. The van der Waals surface area contributed by atoms with Gasteiger partial charge in [-0.3, -0.25) is 23.2 Å². The molecule has 37 heteroatoms. The molecule has 4 aromatic heterocycles. The maximum Gasteiger partial charge on any atom is 0.459 e. The zero-order valence-electron chi connectivity index (χ0n) is 45.7. The van der Waals surface area contributed by atoms with Gasteiger partial charge in [0.25, 0.3) is 0 Å². The van der Waals surface area contributed by atoms with Gasteiger partial charge in [-0.25, -0.2) is 24.2 Å². The third-order valence-corrected chi connectivity index (χ3v) is 15.5. The van der Waals surface area contributed by atoms with Crippen molar-refractivity contribution in [3.05, 3.63) is 94.2 Å². The molecular weight excluding hydrogens is 1160 g/mol. The van der Waals surface area contributed by atoms with E-state index in [1.54, 1.807) is 74.5 Å². The van der Waals surface area contributed by atoms with E-state index in [1.165, 1.54) is 63.7 Å². The summed E-state index contributed by atoms with van der Waals surface area (Å²) in [5, 5.41) is 43.5. The number of hydrogen-bond donors (Lipinski definition) is 7. The number of imidazole rings is 2. The number of carbonyl (C=O) groups is 2. The van der Waals surface area contributed by atoms with Gasteiger partial charge in [0.05, 0.1) is 65.5 Å². The van der Waals surface area contributed by atoms with Crippen LogP contribution >= 0.6 is 25.9 Å². The van der Waals surface area contributed by atoms with Gasteiger partial charge in [-0.05, 0) is 76.9 Å². The van der Waals surface area contributed by atoms with Crippen LogP contribution in [0.25, 0.3) is 43.2 Å². The third-order valence-electron chi connectivity index (χ3n) is 12.2. The number of rotatable bonds is 22. The molecule has 12 atom stereocenters. The fourth-order valence-corrected chi connectivity index (χ4v) is 11.5. The number of azide groups is 2. The largest absolute Gasteiger partial charge is 0.476 e. The highest BCUT2D eigenvalue weighted by Gasteiger charge is 2.56. The van der Waals surface area contributed by atoms with Crippen LogP contribution in [0.2, 0.25) is 0 Å². The highest BCUT2D eigenvalue weighted by Crippen LogP contribution is 2.50. The van der Waals surface area contributed by atoms with Crippen molar-refractivity contribution in [3.8, 4) is 23.3 Å². The van der Waals surface area contributed by atoms with Gasteiger partial charge in [-0.15, -0.1) is 0 Å². The van der Waals surface area contributed by atoms with Crippen molar-refractivity contribution in [3.63, 3.8) is 0 Å². The SMILES string of the molecule is CCOc1nc(N)nc2c1ncn2[C@@H]1O[C@H](CO)[C@@H](O)[C@@]1(C)N=[N+]=[N-].CCOc1nc(N)nc2c1ncn2[C@@H]1O[C@H](COP(=O)(N[C@@H](C)C(=O)OC)Oc2ccccc2)[C@@H](O)[C@@]1(C)N=[N+]=[N-].COC(=O)[C@H](C)NP(=O)(Cl)Oc1ccccc1. The Balaban J connectivity index is 0.000000223. The zero-order valence-corrected chi connectivity index (χ0v) is 48.3. The molecule has 0 amide bonds. The number of nitrogens with zero attached hydrogens (tertiary/aromatic N) is 14. The van der Waals surface area contributed by atoms with Crippen molar-refractivity contribution < 1.29 is 76.0 Å². The van der Waals surface area contributed by atoms with Crippen molar-refractivity contribution in [2.75, 3.05) is 52.1 Å². The Bertz CT molecular complexity index is 3400. The van der Waals surface area contributed by atoms with Crippen LogP contribution in [0.15, 0.2) is 83.5 Å². The molecule has 8 rings (SSSR count). The topological polar surface area (TPSA) is 473 Å². The zero-order chi connectivity index (χ0) is 60.9. The molecule has 0 radical (unpaired) electrons. The maximum atomic E-state index is 13.7. The lowest BCUT2D eigenvalue weighted by Gasteiger charge is -2.28. The maximum absolute atomic E-state index is 13.7. The number of halogens is 1. The van der Waals surface area contributed by atoms with Crippen LogP contribution in [0.4, 0.5) is 11.9 Å². The first-order valence-electron chi connectivity index (χ1n) is 24.9. The predicted octanol–water partition coefficient (Wildman–Crippen LogP) is 5.18. The molecule has 34 nitrogen and oxygen atoms in total. The van der Waals surface area contributed by atoms with E-state index in [1.807, 2.05) is 0 Å². The number of anilines is 2. The smallest absolute Gasteiger partial charge is 0.459 e. The summed E-state index contributed by atoms with van der Waals surface area (Å²) in [5.74, 6) is -0.501. The summed E-state index contributed by atoms with van der Waals surface area (Å²) in [6.07, 6.45) is -4.16. The Labute approximate surface area is 477 Å². The van der Waals surface area contributed by atoms with E-state index >= 15 is 0 Å². The molecule has 0 spiro atoms. The molecule has 9 N–H and O–H groups in total. The van der Waals surface area contributed by atoms with E-state index in [0.29, 0.717) is 30.1 Å². The van der Waals surface area contributed by atoms with E-state index < -0.39 is 99.8 Å². The number of fused-ring (bicyclic) bond motifs is 2. The van der Waals surface area contributed by atoms with E-state index in [-0.39, 0.29) is 40.6 Å². The average Bonchev–Trinajstić information content (AvgIpc) is 2.13. The first kappa shape index (κ1) is 64.5. The molecule has 2 saturated heterocycles. The van der Waals surface area contributed by atoms with E-state index in [0.717, 1.165) is 0 Å². The highest BCUT2D eigenvalue weighted by atomic mass is 35.7. The van der Waals surface area contributed by atoms with E-state index in [4.69, 9.17) is 65.5 Å². The quantitative estimate of drug-likeness (QED) is 0.0151. The van der Waals surface area contributed by atoms with Crippen LogP contribution in [0, 0.1) is 0 Å². The number of nitrogens with two attached hydrogens (primary N) is 2. The second-order valence-electron chi connectivity index (χ2n) is 18.1. The summed E-state index contributed by atoms with van der Waals surface area (Å²) in [6.45, 7) is 5.54. The number of methoxy groups -OCH3 is 2. The Morgan fingerprint density at radius 1 is 0.747 bits per heavy atom. The van der Waals surface area contributed by atoms with Crippen molar-refractivity contribution in [1.82, 2.24) is 49.2 Å². The number of para-hydroxylation sites is 2. The van der Waals surface area contributed by atoms with Crippen molar-refractivity contribution in [1.29, 1.82) is 0 Å². The number of nitrogen functional groups attached to an aromatic ring is 2. The van der Waals surface area contributed by atoms with E-state index in [2.05, 4.69) is 64.9 Å². The van der Waals surface area contributed by atoms with Crippen molar-refractivity contribution >= 4 is 72.0 Å². The second-order valence-corrected chi connectivity index (χ2v) is 22.5. The van der Waals surface area contributed by atoms with Gasteiger partial charge >= 0.3 is 26.6 Å². The minimum absolute atomic E-state index is 0.0274. The number of esters is 2. The monoisotopic (exact) mass is 1220 g/mol. The number of benzene rings is 2. The van der Waals surface area contributed by atoms with Crippen LogP contribution in [0.5, 0.6) is 23.3 Å². The Hall–Kier alpha value is -7.67. The highest BCUT2D eigenvalue weighted by molar-refractivity contribution is 7.84. The van der Waals surface area contributed by atoms with Crippen LogP contribution in [0.3, 0.4) is 0 Å². The van der Waals surface area contributed by atoms with Crippen LogP contribution in [-0.4, -0.2) is 155 Å². The number of hydrogen-bond acceptors (Lipinski definition) is 26.